The van der Waals surface area contributed by atoms with E-state index in [0.717, 1.165) is 18.9 Å². The SMILES string of the molecule is CC(C)(C)C[C@@H]1CN(C(=O)CCC2CCC(C(=O)O)CC2)[C@H](c2cccc(Cl)c2F)[C@@]1(C#N)c1ccc(Cl)cc1F. The molecule has 0 bridgehead atoms. The summed E-state index contributed by atoms with van der Waals surface area (Å²) in [4.78, 5) is 26.9. The fraction of sp³-hybridized carbons (Fsp3) is 0.531. The summed E-state index contributed by atoms with van der Waals surface area (Å²) in [5, 5.41) is 20.3. The van der Waals surface area contributed by atoms with Gasteiger partial charge in [0.15, 0.2) is 0 Å². The van der Waals surface area contributed by atoms with Crippen LogP contribution in [0.25, 0.3) is 0 Å². The van der Waals surface area contributed by atoms with Crippen LogP contribution in [0.1, 0.15) is 82.9 Å². The van der Waals surface area contributed by atoms with Crippen LogP contribution in [-0.4, -0.2) is 28.4 Å². The van der Waals surface area contributed by atoms with Gasteiger partial charge in [0.1, 0.15) is 17.0 Å². The van der Waals surface area contributed by atoms with E-state index in [4.69, 9.17) is 23.2 Å². The van der Waals surface area contributed by atoms with Crippen LogP contribution in [0.4, 0.5) is 8.78 Å². The van der Waals surface area contributed by atoms with Crippen molar-refractivity contribution in [2.45, 2.75) is 77.2 Å². The van der Waals surface area contributed by atoms with E-state index in [1.807, 2.05) is 20.8 Å². The molecule has 2 fully saturated rings. The van der Waals surface area contributed by atoms with Crippen molar-refractivity contribution in [3.05, 3.63) is 69.2 Å². The standard InChI is InChI=1S/C32H36Cl2F2N2O3/c1-31(2,3)16-21-17-38(27(39)14-9-19-7-10-20(11-8-19)30(40)41)29(23-5-4-6-25(34)28(23)36)32(21,18-37)24-13-12-22(33)15-26(24)35/h4-6,12-13,15,19-21,29H,7-11,14,16-17H2,1-3H3,(H,40,41)/t19?,20?,21-,29-,32-/m1/s1. The lowest BCUT2D eigenvalue weighted by Gasteiger charge is -2.38. The molecule has 220 valence electrons. The molecule has 2 aliphatic rings. The van der Waals surface area contributed by atoms with Crippen molar-refractivity contribution < 1.29 is 23.5 Å². The smallest absolute Gasteiger partial charge is 0.306 e. The maximum Gasteiger partial charge on any atom is 0.306 e. The molecule has 1 heterocycles. The number of benzene rings is 2. The molecule has 2 aromatic rings. The highest BCUT2D eigenvalue weighted by atomic mass is 35.5. The van der Waals surface area contributed by atoms with Gasteiger partial charge in [-0.1, -0.05) is 62.2 Å². The Morgan fingerprint density at radius 1 is 1.12 bits per heavy atom. The molecular weight excluding hydrogens is 569 g/mol. The van der Waals surface area contributed by atoms with Gasteiger partial charge < -0.3 is 10.0 Å². The lowest BCUT2D eigenvalue weighted by atomic mass is 9.63. The van der Waals surface area contributed by atoms with E-state index < -0.39 is 35.0 Å². The van der Waals surface area contributed by atoms with Crippen molar-refractivity contribution >= 4 is 35.1 Å². The van der Waals surface area contributed by atoms with E-state index >= 15 is 8.78 Å². The number of likely N-dealkylation sites (tertiary alicyclic amines) is 1. The van der Waals surface area contributed by atoms with Gasteiger partial charge in [0.2, 0.25) is 5.91 Å². The molecule has 5 nitrogen and oxygen atoms in total. The monoisotopic (exact) mass is 604 g/mol. The first-order chi connectivity index (χ1) is 19.3. The molecule has 1 saturated heterocycles. The summed E-state index contributed by atoms with van der Waals surface area (Å²) in [5.41, 5.74) is -1.75. The Hall–Kier alpha value is -2.69. The summed E-state index contributed by atoms with van der Waals surface area (Å²) in [6.45, 7) is 6.19. The summed E-state index contributed by atoms with van der Waals surface area (Å²) in [6.07, 6.45) is 3.80. The van der Waals surface area contributed by atoms with Crippen molar-refractivity contribution in [3.8, 4) is 6.07 Å². The first-order valence-electron chi connectivity index (χ1n) is 14.1. The second kappa shape index (κ2) is 12.3. The Kier molecular flexibility index (Phi) is 9.35. The van der Waals surface area contributed by atoms with E-state index in [1.54, 1.807) is 11.0 Å². The fourth-order valence-corrected chi connectivity index (χ4v) is 7.23. The number of carbonyl (C=O) groups excluding carboxylic acids is 1. The van der Waals surface area contributed by atoms with E-state index in [0.29, 0.717) is 25.7 Å². The normalized spacial score (nSPS) is 26.5. The van der Waals surface area contributed by atoms with Crippen molar-refractivity contribution in [2.75, 3.05) is 6.54 Å². The summed E-state index contributed by atoms with van der Waals surface area (Å²) in [6, 6.07) is 9.88. The highest BCUT2D eigenvalue weighted by Gasteiger charge is 2.59. The zero-order valence-corrected chi connectivity index (χ0v) is 25.1. The Morgan fingerprint density at radius 3 is 2.39 bits per heavy atom. The number of carboxylic acid groups (broad SMARTS) is 1. The molecule has 1 saturated carbocycles. The number of aliphatic carboxylic acids is 1. The summed E-state index contributed by atoms with van der Waals surface area (Å²) < 4.78 is 31.5. The average molecular weight is 606 g/mol. The van der Waals surface area contributed by atoms with Crippen LogP contribution in [0, 0.1) is 46.1 Å². The lowest BCUT2D eigenvalue weighted by molar-refractivity contribution is -0.143. The molecule has 2 aromatic carbocycles. The summed E-state index contributed by atoms with van der Waals surface area (Å²) in [5.74, 6) is -3.11. The van der Waals surface area contributed by atoms with Gasteiger partial charge in [-0.15, -0.1) is 0 Å². The minimum absolute atomic E-state index is 0.0696. The second-order valence-electron chi connectivity index (χ2n) is 12.8. The molecule has 1 aliphatic carbocycles. The quantitative estimate of drug-likeness (QED) is 0.344. The zero-order chi connectivity index (χ0) is 30.1. The Labute approximate surface area is 250 Å². The van der Waals surface area contributed by atoms with Crippen molar-refractivity contribution in [1.82, 2.24) is 4.90 Å². The number of hydrogen-bond acceptors (Lipinski definition) is 3. The van der Waals surface area contributed by atoms with Crippen LogP contribution < -0.4 is 0 Å². The van der Waals surface area contributed by atoms with Crippen LogP contribution >= 0.6 is 23.2 Å². The number of hydrogen-bond donors (Lipinski definition) is 1. The Balaban J connectivity index is 1.78. The number of halogens is 4. The average Bonchev–Trinajstić information content (AvgIpc) is 3.22. The van der Waals surface area contributed by atoms with E-state index in [-0.39, 0.29) is 57.3 Å². The molecule has 1 N–H and O–H groups in total. The molecule has 0 spiro atoms. The van der Waals surface area contributed by atoms with Gasteiger partial charge in [0.05, 0.1) is 23.1 Å². The van der Waals surface area contributed by atoms with Crippen molar-refractivity contribution in [3.63, 3.8) is 0 Å². The first-order valence-corrected chi connectivity index (χ1v) is 14.9. The van der Waals surface area contributed by atoms with Gasteiger partial charge in [-0.2, -0.15) is 5.26 Å². The summed E-state index contributed by atoms with van der Waals surface area (Å²) in [7, 11) is 0. The maximum atomic E-state index is 15.8. The molecule has 0 unspecified atom stereocenters. The molecule has 4 rings (SSSR count). The van der Waals surface area contributed by atoms with Gasteiger partial charge in [0.25, 0.3) is 0 Å². The number of rotatable bonds is 7. The molecule has 0 aromatic heterocycles. The molecule has 1 aliphatic heterocycles. The first kappa shape index (κ1) is 31.3. The molecule has 1 amide bonds. The number of carboxylic acids is 1. The van der Waals surface area contributed by atoms with Gasteiger partial charge in [0, 0.05) is 35.0 Å². The predicted octanol–water partition coefficient (Wildman–Crippen LogP) is 8.34. The van der Waals surface area contributed by atoms with Crippen LogP contribution in [0.2, 0.25) is 10.0 Å². The minimum atomic E-state index is -1.61. The van der Waals surface area contributed by atoms with Crippen LogP contribution in [0.5, 0.6) is 0 Å². The van der Waals surface area contributed by atoms with E-state index in [1.165, 1.54) is 24.3 Å². The zero-order valence-electron chi connectivity index (χ0n) is 23.6. The third-order valence-electron chi connectivity index (χ3n) is 8.78. The van der Waals surface area contributed by atoms with Gasteiger partial charge >= 0.3 is 5.97 Å². The fourth-order valence-electron chi connectivity index (χ4n) is 6.89. The minimum Gasteiger partial charge on any atom is -0.481 e. The van der Waals surface area contributed by atoms with E-state index in [9.17, 15) is 20.0 Å². The van der Waals surface area contributed by atoms with Gasteiger partial charge in [-0.3, -0.25) is 9.59 Å². The molecular formula is C32H36Cl2F2N2O3. The third kappa shape index (κ3) is 6.39. The number of amides is 1. The molecule has 41 heavy (non-hydrogen) atoms. The second-order valence-corrected chi connectivity index (χ2v) is 13.6. The molecule has 0 radical (unpaired) electrons. The van der Waals surface area contributed by atoms with Crippen molar-refractivity contribution in [2.24, 2.45) is 23.2 Å². The molecule has 9 heteroatoms. The Bertz CT molecular complexity index is 1350. The molecule has 3 atom stereocenters. The van der Waals surface area contributed by atoms with Crippen molar-refractivity contribution in [1.29, 1.82) is 5.26 Å². The van der Waals surface area contributed by atoms with Gasteiger partial charge in [-0.05, 0) is 68.1 Å². The topological polar surface area (TPSA) is 81.4 Å². The van der Waals surface area contributed by atoms with Gasteiger partial charge in [-0.25, -0.2) is 8.78 Å². The summed E-state index contributed by atoms with van der Waals surface area (Å²) >= 11 is 12.3. The lowest BCUT2D eigenvalue weighted by Crippen LogP contribution is -2.41. The third-order valence-corrected chi connectivity index (χ3v) is 9.31. The maximum absolute atomic E-state index is 15.8. The predicted molar refractivity (Wildman–Crippen MR) is 154 cm³/mol. The number of nitriles is 1. The van der Waals surface area contributed by atoms with Crippen LogP contribution in [-0.2, 0) is 15.0 Å². The van der Waals surface area contributed by atoms with Crippen LogP contribution in [0.3, 0.4) is 0 Å². The largest absolute Gasteiger partial charge is 0.481 e. The van der Waals surface area contributed by atoms with Crippen LogP contribution in [0.15, 0.2) is 36.4 Å². The highest BCUT2D eigenvalue weighted by Crippen LogP contribution is 2.56. The number of carbonyl (C=O) groups is 2. The highest BCUT2D eigenvalue weighted by molar-refractivity contribution is 6.31. The van der Waals surface area contributed by atoms with E-state index in [2.05, 4.69) is 6.07 Å². The Morgan fingerprint density at radius 2 is 1.80 bits per heavy atom. The number of nitrogens with zero attached hydrogens (tertiary/aromatic N) is 2.